The van der Waals surface area contributed by atoms with Gasteiger partial charge in [0.1, 0.15) is 11.6 Å². The van der Waals surface area contributed by atoms with Crippen LogP contribution in [0.3, 0.4) is 0 Å². The van der Waals surface area contributed by atoms with Crippen LogP contribution in [0.1, 0.15) is 11.1 Å². The van der Waals surface area contributed by atoms with E-state index in [1.165, 1.54) is 0 Å². The van der Waals surface area contributed by atoms with Crippen molar-refractivity contribution >= 4 is 11.6 Å². The molecule has 0 heterocycles. The SMILES string of the molecule is N#Cc1ccc(CC(=O)Nc2cc(F)cc(F)c2)cc1. The average Bonchev–Trinajstić information content (AvgIpc) is 2.38. The normalized spacial score (nSPS) is 9.85. The van der Waals surface area contributed by atoms with Gasteiger partial charge in [0.05, 0.1) is 18.1 Å². The molecule has 0 aliphatic rings. The average molecular weight is 272 g/mol. The highest BCUT2D eigenvalue weighted by Gasteiger charge is 2.06. The fourth-order valence-electron chi connectivity index (χ4n) is 1.71. The van der Waals surface area contributed by atoms with Gasteiger partial charge in [-0.15, -0.1) is 0 Å². The topological polar surface area (TPSA) is 52.9 Å². The van der Waals surface area contributed by atoms with Crippen LogP contribution in [0.5, 0.6) is 0 Å². The monoisotopic (exact) mass is 272 g/mol. The number of halogens is 2. The van der Waals surface area contributed by atoms with Gasteiger partial charge in [-0.3, -0.25) is 4.79 Å². The number of anilines is 1. The first-order chi connectivity index (χ1) is 9.56. The van der Waals surface area contributed by atoms with E-state index < -0.39 is 11.6 Å². The van der Waals surface area contributed by atoms with Crippen LogP contribution in [-0.4, -0.2) is 5.91 Å². The molecule has 0 atom stereocenters. The van der Waals surface area contributed by atoms with Gasteiger partial charge in [-0.2, -0.15) is 5.26 Å². The van der Waals surface area contributed by atoms with Crippen molar-refractivity contribution in [2.45, 2.75) is 6.42 Å². The zero-order chi connectivity index (χ0) is 14.5. The number of benzene rings is 2. The van der Waals surface area contributed by atoms with E-state index in [4.69, 9.17) is 5.26 Å². The lowest BCUT2D eigenvalue weighted by Crippen LogP contribution is -2.14. The van der Waals surface area contributed by atoms with Crippen LogP contribution in [0.4, 0.5) is 14.5 Å². The molecule has 2 aromatic rings. The zero-order valence-electron chi connectivity index (χ0n) is 10.4. The zero-order valence-corrected chi connectivity index (χ0v) is 10.4. The Morgan fingerprint density at radius 1 is 1.10 bits per heavy atom. The summed E-state index contributed by atoms with van der Waals surface area (Å²) in [6.07, 6.45) is 0.0594. The number of hydrogen-bond acceptors (Lipinski definition) is 2. The molecule has 0 aliphatic carbocycles. The Kier molecular flexibility index (Phi) is 4.06. The highest BCUT2D eigenvalue weighted by atomic mass is 19.1. The molecular formula is C15H10F2N2O. The van der Waals surface area contributed by atoms with E-state index in [2.05, 4.69) is 5.32 Å². The third-order valence-electron chi connectivity index (χ3n) is 2.59. The predicted molar refractivity (Wildman–Crippen MR) is 69.8 cm³/mol. The molecule has 2 aromatic carbocycles. The summed E-state index contributed by atoms with van der Waals surface area (Å²) >= 11 is 0. The van der Waals surface area contributed by atoms with Crippen LogP contribution < -0.4 is 5.32 Å². The van der Waals surface area contributed by atoms with Crippen molar-refractivity contribution in [1.82, 2.24) is 0 Å². The fourth-order valence-corrected chi connectivity index (χ4v) is 1.71. The van der Waals surface area contributed by atoms with Gasteiger partial charge in [0.25, 0.3) is 0 Å². The highest BCUT2D eigenvalue weighted by Crippen LogP contribution is 2.13. The molecule has 1 N–H and O–H groups in total. The number of hydrogen-bond donors (Lipinski definition) is 1. The largest absolute Gasteiger partial charge is 0.326 e. The predicted octanol–water partition coefficient (Wildman–Crippen LogP) is 3.02. The van der Waals surface area contributed by atoms with Crippen LogP contribution in [0, 0.1) is 23.0 Å². The van der Waals surface area contributed by atoms with Crippen molar-refractivity contribution in [3.05, 3.63) is 65.2 Å². The molecule has 0 saturated heterocycles. The van der Waals surface area contributed by atoms with Crippen molar-refractivity contribution < 1.29 is 13.6 Å². The van der Waals surface area contributed by atoms with Crippen molar-refractivity contribution in [3.8, 4) is 6.07 Å². The van der Waals surface area contributed by atoms with E-state index in [0.717, 1.165) is 18.2 Å². The number of nitrogens with one attached hydrogen (secondary N) is 1. The first-order valence-electron chi connectivity index (χ1n) is 5.82. The van der Waals surface area contributed by atoms with Crippen molar-refractivity contribution in [2.75, 3.05) is 5.32 Å². The number of carbonyl (C=O) groups is 1. The molecule has 0 saturated carbocycles. The van der Waals surface area contributed by atoms with E-state index in [1.807, 2.05) is 6.07 Å². The first kappa shape index (κ1) is 13.7. The number of carbonyl (C=O) groups excluding carboxylic acids is 1. The Balaban J connectivity index is 2.03. The van der Waals surface area contributed by atoms with Crippen LogP contribution >= 0.6 is 0 Å². The van der Waals surface area contributed by atoms with Crippen molar-refractivity contribution in [2.24, 2.45) is 0 Å². The molecule has 0 aliphatic heterocycles. The second-order valence-corrected chi connectivity index (χ2v) is 4.19. The first-order valence-corrected chi connectivity index (χ1v) is 5.82. The molecule has 3 nitrogen and oxygen atoms in total. The second-order valence-electron chi connectivity index (χ2n) is 4.19. The van der Waals surface area contributed by atoms with Gasteiger partial charge in [0.15, 0.2) is 0 Å². The number of rotatable bonds is 3. The highest BCUT2D eigenvalue weighted by molar-refractivity contribution is 5.92. The number of nitrogens with zero attached hydrogens (tertiary/aromatic N) is 1. The van der Waals surface area contributed by atoms with E-state index in [1.54, 1.807) is 24.3 Å². The summed E-state index contributed by atoms with van der Waals surface area (Å²) in [4.78, 5) is 11.7. The lowest BCUT2D eigenvalue weighted by atomic mass is 10.1. The number of nitriles is 1. The summed E-state index contributed by atoms with van der Waals surface area (Å²) in [5.74, 6) is -1.89. The number of amides is 1. The summed E-state index contributed by atoms with van der Waals surface area (Å²) in [6.45, 7) is 0. The van der Waals surface area contributed by atoms with Gasteiger partial charge >= 0.3 is 0 Å². The van der Waals surface area contributed by atoms with Crippen LogP contribution in [0.15, 0.2) is 42.5 Å². The second kappa shape index (κ2) is 5.93. The molecule has 100 valence electrons. The molecular weight excluding hydrogens is 262 g/mol. The summed E-state index contributed by atoms with van der Waals surface area (Å²) in [7, 11) is 0. The summed E-state index contributed by atoms with van der Waals surface area (Å²) in [6, 6.07) is 11.3. The molecule has 0 fully saturated rings. The summed E-state index contributed by atoms with van der Waals surface area (Å²) in [5.41, 5.74) is 1.28. The van der Waals surface area contributed by atoms with Crippen LogP contribution in [0.25, 0.3) is 0 Å². The molecule has 5 heteroatoms. The van der Waals surface area contributed by atoms with Crippen molar-refractivity contribution in [1.29, 1.82) is 5.26 Å². The molecule has 1 amide bonds. The van der Waals surface area contributed by atoms with Gasteiger partial charge in [0.2, 0.25) is 5.91 Å². The Morgan fingerprint density at radius 2 is 1.70 bits per heavy atom. The Bertz CT molecular complexity index is 655. The molecule has 0 spiro atoms. The Labute approximate surface area is 114 Å². The van der Waals surface area contributed by atoms with Gasteiger partial charge in [-0.25, -0.2) is 8.78 Å². The molecule has 20 heavy (non-hydrogen) atoms. The van der Waals surface area contributed by atoms with Crippen LogP contribution in [-0.2, 0) is 11.2 Å². The van der Waals surface area contributed by atoms with E-state index in [9.17, 15) is 13.6 Å². The minimum atomic E-state index is -0.751. The Morgan fingerprint density at radius 3 is 2.25 bits per heavy atom. The smallest absolute Gasteiger partial charge is 0.228 e. The third-order valence-corrected chi connectivity index (χ3v) is 2.59. The third kappa shape index (κ3) is 3.62. The molecule has 0 radical (unpaired) electrons. The molecule has 2 rings (SSSR count). The van der Waals surface area contributed by atoms with Crippen LogP contribution in [0.2, 0.25) is 0 Å². The van der Waals surface area contributed by atoms with Gasteiger partial charge in [0, 0.05) is 11.8 Å². The fraction of sp³-hybridized carbons (Fsp3) is 0.0667. The minimum Gasteiger partial charge on any atom is -0.326 e. The Hall–Kier alpha value is -2.74. The van der Waals surface area contributed by atoms with E-state index in [0.29, 0.717) is 11.1 Å². The van der Waals surface area contributed by atoms with Gasteiger partial charge in [-0.1, -0.05) is 12.1 Å². The lowest BCUT2D eigenvalue weighted by molar-refractivity contribution is -0.115. The maximum absolute atomic E-state index is 13.0. The maximum Gasteiger partial charge on any atom is 0.228 e. The van der Waals surface area contributed by atoms with E-state index in [-0.39, 0.29) is 18.0 Å². The standard InChI is InChI=1S/C15H10F2N2O/c16-12-6-13(17)8-14(7-12)19-15(20)5-10-1-3-11(9-18)4-2-10/h1-4,6-8H,5H2,(H,19,20). The van der Waals surface area contributed by atoms with Crippen molar-refractivity contribution in [3.63, 3.8) is 0 Å². The maximum atomic E-state index is 13.0. The lowest BCUT2D eigenvalue weighted by Gasteiger charge is -2.06. The molecule has 0 bridgehead atoms. The van der Waals surface area contributed by atoms with E-state index >= 15 is 0 Å². The van der Waals surface area contributed by atoms with Gasteiger partial charge < -0.3 is 5.32 Å². The summed E-state index contributed by atoms with van der Waals surface area (Å²) < 4.78 is 25.9. The summed E-state index contributed by atoms with van der Waals surface area (Å²) in [5, 5.41) is 11.1. The molecule has 0 unspecified atom stereocenters. The molecule has 0 aromatic heterocycles. The van der Waals surface area contributed by atoms with Gasteiger partial charge in [-0.05, 0) is 29.8 Å². The quantitative estimate of drug-likeness (QED) is 0.933. The minimum absolute atomic E-state index is 0.0594.